The molecule has 0 fully saturated rings. The summed E-state index contributed by atoms with van der Waals surface area (Å²) in [6.07, 6.45) is 0. The Hall–Kier alpha value is -0.830. The second-order valence-electron chi connectivity index (χ2n) is 6.55. The molecular formula is C13H24N2O. The molecule has 0 aromatic rings. The fourth-order valence-electron chi connectivity index (χ4n) is 2.07. The van der Waals surface area contributed by atoms with Crippen molar-refractivity contribution in [3.63, 3.8) is 0 Å². The highest BCUT2D eigenvalue weighted by Gasteiger charge is 2.36. The Labute approximate surface area is 98.9 Å². The van der Waals surface area contributed by atoms with Gasteiger partial charge in [0.15, 0.2) is 0 Å². The number of hydrazine groups is 1. The van der Waals surface area contributed by atoms with Gasteiger partial charge in [-0.15, -0.1) is 0 Å². The molecule has 0 aromatic carbocycles. The van der Waals surface area contributed by atoms with Gasteiger partial charge in [-0.1, -0.05) is 41.5 Å². The lowest BCUT2D eigenvalue weighted by molar-refractivity contribution is -0.130. The third-order valence-electron chi connectivity index (χ3n) is 2.97. The molecule has 1 aliphatic heterocycles. The minimum atomic E-state index is -0.101. The molecule has 0 spiro atoms. The van der Waals surface area contributed by atoms with Crippen molar-refractivity contribution in [3.8, 4) is 0 Å². The first-order valence-corrected chi connectivity index (χ1v) is 5.81. The van der Waals surface area contributed by atoms with E-state index in [0.29, 0.717) is 0 Å². The maximum atomic E-state index is 12.2. The largest absolute Gasteiger partial charge is 0.277 e. The summed E-state index contributed by atoms with van der Waals surface area (Å²) in [6, 6.07) is 0. The van der Waals surface area contributed by atoms with Crippen LogP contribution in [-0.4, -0.2) is 24.5 Å². The predicted molar refractivity (Wildman–Crippen MR) is 66.7 cm³/mol. The summed E-state index contributed by atoms with van der Waals surface area (Å²) >= 11 is 0. The van der Waals surface area contributed by atoms with Gasteiger partial charge in [0, 0.05) is 19.2 Å². The lowest BCUT2D eigenvalue weighted by Gasteiger charge is -2.39. The molecule has 0 radical (unpaired) electrons. The Morgan fingerprint density at radius 2 is 1.56 bits per heavy atom. The molecule has 0 aromatic heterocycles. The van der Waals surface area contributed by atoms with Crippen LogP contribution in [0.25, 0.3) is 0 Å². The molecular weight excluding hydrogens is 200 g/mol. The maximum Gasteiger partial charge on any atom is 0.264 e. The van der Waals surface area contributed by atoms with Crippen molar-refractivity contribution in [1.29, 1.82) is 0 Å². The molecule has 1 rings (SSSR count). The van der Waals surface area contributed by atoms with Crippen LogP contribution in [0.15, 0.2) is 11.1 Å². The van der Waals surface area contributed by atoms with E-state index in [2.05, 4.69) is 47.0 Å². The van der Waals surface area contributed by atoms with Crippen LogP contribution in [0.2, 0.25) is 0 Å². The number of amides is 1. The Balaban J connectivity index is 3.35. The second-order valence-corrected chi connectivity index (χ2v) is 6.55. The highest BCUT2D eigenvalue weighted by atomic mass is 16.2. The molecule has 3 heteroatoms. The van der Waals surface area contributed by atoms with Crippen molar-refractivity contribution in [2.45, 2.75) is 41.5 Å². The average molecular weight is 224 g/mol. The Morgan fingerprint density at radius 3 is 1.94 bits per heavy atom. The lowest BCUT2D eigenvalue weighted by Crippen LogP contribution is -2.50. The van der Waals surface area contributed by atoms with Crippen LogP contribution in [-0.2, 0) is 4.79 Å². The van der Waals surface area contributed by atoms with E-state index < -0.39 is 0 Å². The molecule has 3 nitrogen and oxygen atoms in total. The van der Waals surface area contributed by atoms with E-state index in [1.54, 1.807) is 12.1 Å². The van der Waals surface area contributed by atoms with Gasteiger partial charge in [0.25, 0.3) is 5.91 Å². The van der Waals surface area contributed by atoms with E-state index in [4.69, 9.17) is 0 Å². The van der Waals surface area contributed by atoms with E-state index in [1.165, 1.54) is 5.57 Å². The predicted octanol–water partition coefficient (Wildman–Crippen LogP) is 2.35. The number of carbonyl (C=O) groups excluding carboxylic acids is 1. The third-order valence-corrected chi connectivity index (χ3v) is 2.97. The van der Waals surface area contributed by atoms with E-state index in [0.717, 1.165) is 12.1 Å². The Bertz CT molecular complexity index is 329. The van der Waals surface area contributed by atoms with Crippen molar-refractivity contribution < 1.29 is 4.79 Å². The lowest BCUT2D eigenvalue weighted by atomic mass is 9.74. The zero-order valence-corrected chi connectivity index (χ0v) is 11.6. The van der Waals surface area contributed by atoms with E-state index in [9.17, 15) is 4.79 Å². The first kappa shape index (κ1) is 13.2. The van der Waals surface area contributed by atoms with Crippen LogP contribution in [0.1, 0.15) is 41.5 Å². The third kappa shape index (κ3) is 2.46. The maximum absolute atomic E-state index is 12.2. The van der Waals surface area contributed by atoms with Gasteiger partial charge in [-0.25, -0.2) is 5.43 Å². The SMILES string of the molecule is CN1NCC(C(C)(C)C)=C(C(C)(C)C)C1=O. The average Bonchev–Trinajstić information content (AvgIpc) is 2.05. The van der Waals surface area contributed by atoms with Crippen molar-refractivity contribution in [2.75, 3.05) is 13.6 Å². The van der Waals surface area contributed by atoms with Gasteiger partial charge in [-0.3, -0.25) is 9.80 Å². The van der Waals surface area contributed by atoms with E-state index >= 15 is 0 Å². The quantitative estimate of drug-likeness (QED) is 0.685. The highest BCUT2D eigenvalue weighted by molar-refractivity contribution is 5.96. The number of carbonyl (C=O) groups is 1. The van der Waals surface area contributed by atoms with Gasteiger partial charge in [-0.05, 0) is 16.4 Å². The summed E-state index contributed by atoms with van der Waals surface area (Å²) in [5, 5.41) is 1.59. The summed E-state index contributed by atoms with van der Waals surface area (Å²) in [5.41, 5.74) is 5.23. The summed E-state index contributed by atoms with van der Waals surface area (Å²) in [4.78, 5) is 12.2. The highest BCUT2D eigenvalue weighted by Crippen LogP contribution is 2.38. The van der Waals surface area contributed by atoms with E-state index in [-0.39, 0.29) is 16.7 Å². The summed E-state index contributed by atoms with van der Waals surface area (Å²) in [6.45, 7) is 13.6. The molecule has 0 saturated carbocycles. The second kappa shape index (κ2) is 3.88. The van der Waals surface area contributed by atoms with Crippen molar-refractivity contribution in [1.82, 2.24) is 10.4 Å². The van der Waals surface area contributed by atoms with Gasteiger partial charge >= 0.3 is 0 Å². The number of nitrogens with one attached hydrogen (secondary N) is 1. The first-order chi connectivity index (χ1) is 7.05. The molecule has 0 saturated heterocycles. The van der Waals surface area contributed by atoms with Crippen LogP contribution >= 0.6 is 0 Å². The van der Waals surface area contributed by atoms with Crippen molar-refractivity contribution >= 4 is 5.91 Å². The van der Waals surface area contributed by atoms with Gasteiger partial charge < -0.3 is 0 Å². The summed E-state index contributed by atoms with van der Waals surface area (Å²) < 4.78 is 0. The molecule has 16 heavy (non-hydrogen) atoms. The first-order valence-electron chi connectivity index (χ1n) is 5.81. The van der Waals surface area contributed by atoms with Crippen LogP contribution in [0, 0.1) is 10.8 Å². The minimum absolute atomic E-state index is 0.0343. The zero-order chi connectivity index (χ0) is 12.7. The molecule has 1 heterocycles. The van der Waals surface area contributed by atoms with Crippen LogP contribution in [0.3, 0.4) is 0 Å². The Morgan fingerprint density at radius 1 is 1.06 bits per heavy atom. The topological polar surface area (TPSA) is 32.3 Å². The van der Waals surface area contributed by atoms with Crippen molar-refractivity contribution in [2.24, 2.45) is 10.8 Å². The molecule has 0 atom stereocenters. The fourth-order valence-corrected chi connectivity index (χ4v) is 2.07. The molecule has 1 aliphatic rings. The number of hydrogen-bond donors (Lipinski definition) is 1. The van der Waals surface area contributed by atoms with Gasteiger partial charge in [0.2, 0.25) is 0 Å². The number of rotatable bonds is 0. The molecule has 92 valence electrons. The zero-order valence-electron chi connectivity index (χ0n) is 11.6. The van der Waals surface area contributed by atoms with E-state index in [1.807, 2.05) is 0 Å². The molecule has 1 N–H and O–H groups in total. The summed E-state index contributed by atoms with van der Waals surface area (Å²) in [7, 11) is 1.79. The number of nitrogens with zero attached hydrogens (tertiary/aromatic N) is 1. The number of likely N-dealkylation sites (N-methyl/N-ethyl adjacent to an activating group) is 1. The van der Waals surface area contributed by atoms with Gasteiger partial charge in [0.1, 0.15) is 0 Å². The molecule has 1 amide bonds. The minimum Gasteiger partial charge on any atom is -0.277 e. The van der Waals surface area contributed by atoms with Crippen LogP contribution in [0.4, 0.5) is 0 Å². The monoisotopic (exact) mass is 224 g/mol. The van der Waals surface area contributed by atoms with Crippen LogP contribution in [0.5, 0.6) is 0 Å². The van der Waals surface area contributed by atoms with Crippen LogP contribution < -0.4 is 5.43 Å². The van der Waals surface area contributed by atoms with Gasteiger partial charge in [0.05, 0.1) is 0 Å². The van der Waals surface area contributed by atoms with Crippen molar-refractivity contribution in [3.05, 3.63) is 11.1 Å². The smallest absolute Gasteiger partial charge is 0.264 e. The molecule has 0 unspecified atom stereocenters. The normalized spacial score (nSPS) is 19.4. The molecule has 0 aliphatic carbocycles. The fraction of sp³-hybridized carbons (Fsp3) is 0.769. The molecule has 0 bridgehead atoms. The summed E-state index contributed by atoms with van der Waals surface area (Å²) in [5.74, 6) is 0.101. The Kier molecular flexibility index (Phi) is 3.21. The number of hydrogen-bond acceptors (Lipinski definition) is 2. The van der Waals surface area contributed by atoms with Gasteiger partial charge in [-0.2, -0.15) is 0 Å². The standard InChI is InChI=1S/C13H24N2O/c1-12(2,3)9-8-14-15(7)11(16)10(9)13(4,5)6/h14H,8H2,1-7H3.